The molecule has 2 aliphatic rings. The molecule has 1 unspecified atom stereocenters. The smallest absolute Gasteiger partial charge is 0.0987 e. The van der Waals surface area contributed by atoms with Gasteiger partial charge >= 0.3 is 0 Å². The van der Waals surface area contributed by atoms with Gasteiger partial charge in [0.1, 0.15) is 0 Å². The monoisotopic (exact) mass is 354 g/mol. The van der Waals surface area contributed by atoms with E-state index < -0.39 is 0 Å². The highest BCUT2D eigenvalue weighted by Crippen LogP contribution is 2.19. The number of hydrogen-bond acceptors (Lipinski definition) is 6. The van der Waals surface area contributed by atoms with Crippen LogP contribution in [0, 0.1) is 0 Å². The first-order valence-corrected chi connectivity index (χ1v) is 8.95. The molecule has 0 aromatic rings. The van der Waals surface area contributed by atoms with Crippen LogP contribution >= 0.6 is 0 Å². The van der Waals surface area contributed by atoms with Crippen LogP contribution in [0.4, 0.5) is 0 Å². The normalized spacial score (nSPS) is 22.8. The van der Waals surface area contributed by atoms with Crippen molar-refractivity contribution in [3.05, 3.63) is 59.9 Å². The number of nitrogens with zero attached hydrogens (tertiary/aromatic N) is 4. The van der Waals surface area contributed by atoms with Crippen molar-refractivity contribution in [3.63, 3.8) is 0 Å². The molecular weight excluding hydrogens is 324 g/mol. The Hall–Kier alpha value is -2.60. The van der Waals surface area contributed by atoms with Crippen LogP contribution in [-0.4, -0.2) is 54.4 Å². The molecule has 0 saturated carbocycles. The first kappa shape index (κ1) is 19.7. The molecule has 4 N–H and O–H groups in total. The van der Waals surface area contributed by atoms with Crippen molar-refractivity contribution in [1.82, 2.24) is 9.80 Å². The maximum atomic E-state index is 6.14. The quantitative estimate of drug-likeness (QED) is 0.565. The molecule has 1 aliphatic heterocycles. The second-order valence-corrected chi connectivity index (χ2v) is 6.54. The average molecular weight is 355 g/mol. The number of allylic oxidation sites excluding steroid dienone is 5. The first-order valence-electron chi connectivity index (χ1n) is 8.95. The molecule has 0 amide bonds. The van der Waals surface area contributed by atoms with Crippen LogP contribution < -0.4 is 11.5 Å². The highest BCUT2D eigenvalue weighted by molar-refractivity contribution is 5.98. The van der Waals surface area contributed by atoms with Gasteiger partial charge in [-0.3, -0.25) is 14.9 Å². The van der Waals surface area contributed by atoms with Crippen LogP contribution in [0.5, 0.6) is 0 Å². The van der Waals surface area contributed by atoms with Crippen molar-refractivity contribution in [2.45, 2.75) is 26.3 Å². The summed E-state index contributed by atoms with van der Waals surface area (Å²) in [4.78, 5) is 12.7. The predicted molar refractivity (Wildman–Crippen MR) is 111 cm³/mol. The van der Waals surface area contributed by atoms with Crippen molar-refractivity contribution in [1.29, 1.82) is 0 Å². The number of aliphatic imine (C=N–C) groups is 2. The number of hydrogen-bond donors (Lipinski definition) is 2. The summed E-state index contributed by atoms with van der Waals surface area (Å²) in [5.74, 6) is 0.779. The van der Waals surface area contributed by atoms with E-state index in [1.165, 1.54) is 5.57 Å². The molecule has 1 heterocycles. The van der Waals surface area contributed by atoms with Gasteiger partial charge in [0.05, 0.1) is 5.82 Å². The second-order valence-electron chi connectivity index (χ2n) is 6.54. The van der Waals surface area contributed by atoms with E-state index in [0.717, 1.165) is 49.8 Å². The van der Waals surface area contributed by atoms with E-state index in [1.807, 2.05) is 19.1 Å². The molecule has 0 aromatic carbocycles. The Morgan fingerprint density at radius 1 is 1.15 bits per heavy atom. The van der Waals surface area contributed by atoms with E-state index in [1.54, 1.807) is 12.4 Å². The number of nitrogens with two attached hydrogens (primary N) is 2. The summed E-state index contributed by atoms with van der Waals surface area (Å²) in [6.07, 6.45) is 14.3. The second kappa shape index (κ2) is 9.77. The zero-order valence-electron chi connectivity index (χ0n) is 15.8. The minimum Gasteiger partial charge on any atom is -0.402 e. The molecule has 1 atom stereocenters. The van der Waals surface area contributed by atoms with Crippen LogP contribution in [0.3, 0.4) is 0 Å². The Balaban J connectivity index is 1.88. The Labute approximate surface area is 156 Å². The predicted octanol–water partition coefficient (Wildman–Crippen LogP) is 2.15. The van der Waals surface area contributed by atoms with Crippen LogP contribution in [0.25, 0.3) is 0 Å². The molecule has 6 nitrogen and oxygen atoms in total. The lowest BCUT2D eigenvalue weighted by Crippen LogP contribution is -2.50. The highest BCUT2D eigenvalue weighted by Gasteiger charge is 2.23. The van der Waals surface area contributed by atoms with E-state index in [0.29, 0.717) is 6.04 Å². The van der Waals surface area contributed by atoms with Crippen LogP contribution in [-0.2, 0) is 0 Å². The van der Waals surface area contributed by atoms with Gasteiger partial charge in [-0.15, -0.1) is 0 Å². The summed E-state index contributed by atoms with van der Waals surface area (Å²) in [7, 11) is 0. The Kier molecular flexibility index (Phi) is 7.41. The molecule has 0 radical (unpaired) electrons. The van der Waals surface area contributed by atoms with E-state index >= 15 is 0 Å². The molecular formula is C20H30N6. The lowest BCUT2D eigenvalue weighted by molar-refractivity contribution is 0.136. The first-order chi connectivity index (χ1) is 12.5. The lowest BCUT2D eigenvalue weighted by Gasteiger charge is -2.39. The minimum atomic E-state index is 0.386. The van der Waals surface area contributed by atoms with Crippen molar-refractivity contribution in [3.8, 4) is 0 Å². The third-order valence-corrected chi connectivity index (χ3v) is 4.65. The van der Waals surface area contributed by atoms with Gasteiger partial charge in [0.25, 0.3) is 0 Å². The van der Waals surface area contributed by atoms with Gasteiger partial charge < -0.3 is 16.4 Å². The maximum Gasteiger partial charge on any atom is 0.0987 e. The summed E-state index contributed by atoms with van der Waals surface area (Å²) in [5, 5.41) is 0. The minimum absolute atomic E-state index is 0.386. The standard InChI is InChI=1S/C20H30N6/c1-16(21)4-9-20(22)26-14-12-25(13-15-26)17(2)18-5-7-19(8-6-18)24-11-10-23-3/h4-7,9-11,17H,3,8,12-15,21-22H2,1-2H3/b11-10-,16-4-,20-9+,24-19-. The molecule has 26 heavy (non-hydrogen) atoms. The molecule has 6 heteroatoms. The molecule has 2 rings (SSSR count). The summed E-state index contributed by atoms with van der Waals surface area (Å²) >= 11 is 0. The van der Waals surface area contributed by atoms with Gasteiger partial charge in [0.15, 0.2) is 0 Å². The Morgan fingerprint density at radius 2 is 1.88 bits per heavy atom. The SMILES string of the molecule is C=N/C=C\N=C1\C=CC(C(C)N2CCN(/C(N)=C/C=C(/C)N)CC2)=CC1. The third kappa shape index (κ3) is 5.74. The third-order valence-electron chi connectivity index (χ3n) is 4.65. The fourth-order valence-electron chi connectivity index (χ4n) is 3.03. The zero-order chi connectivity index (χ0) is 18.9. The Morgan fingerprint density at radius 3 is 2.46 bits per heavy atom. The Bertz CT molecular complexity index is 668. The summed E-state index contributed by atoms with van der Waals surface area (Å²) in [5.41, 5.74) is 14.9. The maximum absolute atomic E-state index is 6.14. The summed E-state index contributed by atoms with van der Waals surface area (Å²) in [6, 6.07) is 0.386. The average Bonchev–Trinajstić information content (AvgIpc) is 2.66. The summed E-state index contributed by atoms with van der Waals surface area (Å²) in [6.45, 7) is 11.3. The van der Waals surface area contributed by atoms with Crippen molar-refractivity contribution in [2.24, 2.45) is 21.5 Å². The number of rotatable bonds is 6. The molecule has 1 fully saturated rings. The van der Waals surface area contributed by atoms with Gasteiger partial charge in [-0.05, 0) is 44.4 Å². The molecule has 0 spiro atoms. The molecule has 140 valence electrons. The van der Waals surface area contributed by atoms with Gasteiger partial charge in [0, 0.05) is 62.5 Å². The van der Waals surface area contributed by atoms with Crippen LogP contribution in [0.2, 0.25) is 0 Å². The molecule has 0 bridgehead atoms. The van der Waals surface area contributed by atoms with Gasteiger partial charge in [-0.25, -0.2) is 0 Å². The zero-order valence-corrected chi connectivity index (χ0v) is 15.8. The van der Waals surface area contributed by atoms with E-state index in [9.17, 15) is 0 Å². The summed E-state index contributed by atoms with van der Waals surface area (Å²) < 4.78 is 0. The van der Waals surface area contributed by atoms with Gasteiger partial charge in [0.2, 0.25) is 0 Å². The van der Waals surface area contributed by atoms with Crippen molar-refractivity contribution < 1.29 is 0 Å². The van der Waals surface area contributed by atoms with Gasteiger partial charge in [-0.1, -0.05) is 12.2 Å². The number of piperazine rings is 1. The van der Waals surface area contributed by atoms with E-state index in [-0.39, 0.29) is 0 Å². The fourth-order valence-corrected chi connectivity index (χ4v) is 3.03. The highest BCUT2D eigenvalue weighted by atomic mass is 15.3. The molecule has 1 aliphatic carbocycles. The van der Waals surface area contributed by atoms with Crippen molar-refractivity contribution >= 4 is 12.4 Å². The topological polar surface area (TPSA) is 83.2 Å². The molecule has 0 aromatic heterocycles. The van der Waals surface area contributed by atoms with Crippen LogP contribution in [0.15, 0.2) is 69.9 Å². The van der Waals surface area contributed by atoms with Crippen molar-refractivity contribution in [2.75, 3.05) is 26.2 Å². The van der Waals surface area contributed by atoms with Crippen LogP contribution in [0.1, 0.15) is 20.3 Å². The van der Waals surface area contributed by atoms with E-state index in [4.69, 9.17) is 11.5 Å². The van der Waals surface area contributed by atoms with Gasteiger partial charge in [-0.2, -0.15) is 0 Å². The largest absolute Gasteiger partial charge is 0.402 e. The van der Waals surface area contributed by atoms with E-state index in [2.05, 4.69) is 51.7 Å². The molecule has 1 saturated heterocycles. The fraction of sp³-hybridized carbons (Fsp3) is 0.400. The lowest BCUT2D eigenvalue weighted by atomic mass is 9.98.